The molecular formula is C62H50N4. The number of rotatable bonds is 6. The number of aromatic nitrogens is 2. The zero-order valence-corrected chi connectivity index (χ0v) is 35.1. The summed E-state index contributed by atoms with van der Waals surface area (Å²) in [6.45, 7) is -7.47. The molecule has 4 heterocycles. The molecule has 0 bridgehead atoms. The predicted octanol–water partition coefficient (Wildman–Crippen LogP) is 17.5. The molecule has 13 aromatic rings. The van der Waals surface area contributed by atoms with Crippen LogP contribution in [0.4, 0.5) is 34.1 Å². The van der Waals surface area contributed by atoms with Crippen molar-refractivity contribution in [3.8, 4) is 0 Å². The molecule has 318 valence electrons. The Morgan fingerprint density at radius 2 is 0.818 bits per heavy atom. The maximum absolute atomic E-state index is 10.7. The van der Waals surface area contributed by atoms with E-state index in [4.69, 9.17) is 20.6 Å². The van der Waals surface area contributed by atoms with E-state index in [0.29, 0.717) is 0 Å². The number of para-hydroxylation sites is 4. The Bertz CT molecular complexity index is 5570. The number of hydrogen-bond donors (Lipinski definition) is 0. The predicted molar refractivity (Wildman–Crippen MR) is 283 cm³/mol. The molecule has 0 atom stereocenters. The summed E-state index contributed by atoms with van der Waals surface area (Å²) in [6, 6.07) is -3.96. The fraction of sp³-hybridized carbons (Fsp3) is 0.129. The summed E-state index contributed by atoms with van der Waals surface area (Å²) in [5, 5.41) is -3.58. The molecule has 0 unspecified atom stereocenters. The second kappa shape index (κ2) is 13.8. The number of nitrogens with zero attached hydrogens (tertiary/aromatic N) is 4. The van der Waals surface area contributed by atoms with Gasteiger partial charge in [-0.15, -0.1) is 0 Å². The second-order valence-corrected chi connectivity index (χ2v) is 17.0. The van der Waals surface area contributed by atoms with Crippen molar-refractivity contribution in [3.63, 3.8) is 0 Å². The van der Waals surface area contributed by atoms with Crippen molar-refractivity contribution in [1.82, 2.24) is 8.80 Å². The van der Waals surface area contributed by atoms with Crippen molar-refractivity contribution in [2.24, 2.45) is 0 Å². The number of fused-ring (bicyclic) bond motifs is 12. The molecule has 4 aromatic heterocycles. The molecule has 9 aromatic carbocycles. The van der Waals surface area contributed by atoms with E-state index in [1.165, 1.54) is 46.9 Å². The second-order valence-electron chi connectivity index (χ2n) is 17.0. The van der Waals surface area contributed by atoms with Crippen molar-refractivity contribution in [2.75, 3.05) is 9.80 Å². The average molecular weight is 882 g/mol. The van der Waals surface area contributed by atoms with Crippen LogP contribution in [0.5, 0.6) is 0 Å². The fourth-order valence-corrected chi connectivity index (χ4v) is 9.09. The van der Waals surface area contributed by atoms with Gasteiger partial charge < -0.3 is 18.6 Å². The number of hydrogen-bond acceptors (Lipinski definition) is 2. The molecule has 0 aliphatic rings. The van der Waals surface area contributed by atoms with Crippen molar-refractivity contribution >= 4 is 110 Å². The van der Waals surface area contributed by atoms with Gasteiger partial charge in [0.1, 0.15) is 0 Å². The Morgan fingerprint density at radius 3 is 1.23 bits per heavy atom. The van der Waals surface area contributed by atoms with Gasteiger partial charge in [0.05, 0.1) is 74.6 Å². The van der Waals surface area contributed by atoms with Crippen LogP contribution in [-0.4, -0.2) is 8.80 Å². The molecule has 0 saturated heterocycles. The molecule has 0 radical (unpaired) electrons. The van der Waals surface area contributed by atoms with Crippen LogP contribution in [0.2, 0.25) is 0 Å². The highest BCUT2D eigenvalue weighted by molar-refractivity contribution is 6.32. The van der Waals surface area contributed by atoms with Gasteiger partial charge in [0, 0.05) is 78.2 Å². The van der Waals surface area contributed by atoms with Crippen LogP contribution in [0.1, 0.15) is 94.9 Å². The first-order valence-electron chi connectivity index (χ1n) is 36.3. The Morgan fingerprint density at radius 1 is 0.394 bits per heavy atom. The van der Waals surface area contributed by atoms with Gasteiger partial charge in [-0.1, -0.05) is 138 Å². The van der Waals surface area contributed by atoms with Crippen LogP contribution in [0, 0.1) is 0 Å². The quantitative estimate of drug-likeness (QED) is 0.165. The molecule has 0 aliphatic carbocycles. The lowest BCUT2D eigenvalue weighted by Gasteiger charge is -2.26. The largest absolute Gasteiger partial charge is 0.310 e. The summed E-state index contributed by atoms with van der Waals surface area (Å²) in [6.07, 6.45) is 0. The minimum atomic E-state index is -4.18. The summed E-state index contributed by atoms with van der Waals surface area (Å²) in [5.74, 6) is 0. The number of benzene rings is 9. The van der Waals surface area contributed by atoms with Crippen LogP contribution >= 0.6 is 0 Å². The topological polar surface area (TPSA) is 15.3 Å². The SMILES string of the molecule is [2H]c1c([2H])c([2H])c(N(c2ccccc2)c2c([2H])c([2H])c3c4c([2H])c5c(c([2H])c4n4c6c([2H])c([2H])c(C(C)(C)C)c([2H])c6c2c34)c2c([2H])c([2H])c(N(c3ccccc3)c3c([2H])c([2H])c([2H])c([2H])c3[2H])c3c4c([2H])c(C(C([2H])([2H])[2H])(C([2H])([2H])[2H])C([2H])([2H])[2H])c([2H])c([2H])c4n5c23)c([2H])c1[2H]. The van der Waals surface area contributed by atoms with E-state index >= 15 is 0 Å². The average Bonchev–Trinajstić information content (AvgIpc) is 1.47. The molecule has 13 rings (SSSR count). The first-order valence-corrected chi connectivity index (χ1v) is 20.8. The van der Waals surface area contributed by atoms with E-state index in [2.05, 4.69) is 0 Å². The van der Waals surface area contributed by atoms with E-state index in [-0.39, 0.29) is 44.1 Å². The minimum absolute atomic E-state index is 0.00328. The zero-order valence-electron chi connectivity index (χ0n) is 66.1. The van der Waals surface area contributed by atoms with Crippen LogP contribution in [0.25, 0.3) is 76.2 Å². The van der Waals surface area contributed by atoms with E-state index < -0.39 is 242 Å². The lowest BCUT2D eigenvalue weighted by Crippen LogP contribution is -2.11. The summed E-state index contributed by atoms with van der Waals surface area (Å²) >= 11 is 0. The van der Waals surface area contributed by atoms with Gasteiger partial charge in [0.25, 0.3) is 0 Å². The van der Waals surface area contributed by atoms with Gasteiger partial charge in [0.15, 0.2) is 0 Å². The first kappa shape index (κ1) is 18.6. The fourth-order valence-electron chi connectivity index (χ4n) is 9.09. The van der Waals surface area contributed by atoms with Gasteiger partial charge in [-0.2, -0.15) is 0 Å². The van der Waals surface area contributed by atoms with Crippen LogP contribution in [0.3, 0.4) is 0 Å². The smallest absolute Gasteiger partial charge is 0.0653 e. The maximum atomic E-state index is 10.7. The maximum Gasteiger partial charge on any atom is 0.0653 e. The van der Waals surface area contributed by atoms with Crippen molar-refractivity contribution in [2.45, 2.75) is 52.2 Å². The van der Waals surface area contributed by atoms with Crippen molar-refractivity contribution in [3.05, 3.63) is 205 Å². The standard InChI is InChI=1S/C62H50N4/c1-61(2,3)39-27-31-51-49(35-39)57-53(63(41-19-11-7-12-20-41)42-21-13-8-14-22-42)33-29-45-47-38-56-48(37-55(47)65(51)59(45)57)46-30-34-54(64(43-23-15-9-16-24-43)44-25-17-10-18-26-44)58-50-36-40(62(4,5)6)28-32-52(50)66(56)60(46)58/h7-38H,1-6H3/i1D3,2D3,3D3,7D,9D,11D,12D,15D,16D,19D,20D,23D,24D,27D,28D,29D,30D,31D,32D,33D,34D,35D,36D,37D,38D. The highest BCUT2D eigenvalue weighted by Gasteiger charge is 2.29. The third-order valence-corrected chi connectivity index (χ3v) is 11.9. The normalized spacial score (nSPS) is 20.0. The third kappa shape index (κ3) is 5.51. The number of anilines is 6. The van der Waals surface area contributed by atoms with Crippen LogP contribution in [0.15, 0.2) is 194 Å². The molecule has 0 amide bonds. The van der Waals surface area contributed by atoms with Crippen molar-refractivity contribution in [1.29, 1.82) is 0 Å². The molecule has 66 heavy (non-hydrogen) atoms. The van der Waals surface area contributed by atoms with Gasteiger partial charge in [-0.25, -0.2) is 0 Å². The van der Waals surface area contributed by atoms with Gasteiger partial charge >= 0.3 is 0 Å². The van der Waals surface area contributed by atoms with Crippen LogP contribution < -0.4 is 9.80 Å². The lowest BCUT2D eigenvalue weighted by molar-refractivity contribution is 0.591. The molecule has 0 N–H and O–H groups in total. The molecule has 4 nitrogen and oxygen atoms in total. The Kier molecular flexibility index (Phi) is 3.90. The Balaban J connectivity index is 1.36. The van der Waals surface area contributed by atoms with Crippen LogP contribution in [-0.2, 0) is 10.8 Å². The Labute approximate surface area is 428 Å². The monoisotopic (exact) mass is 882 g/mol. The summed E-state index contributed by atoms with van der Waals surface area (Å²) in [7, 11) is 0. The first-order chi connectivity index (χ1) is 45.0. The third-order valence-electron chi connectivity index (χ3n) is 11.9. The van der Waals surface area contributed by atoms with Gasteiger partial charge in [-0.05, 0) is 119 Å². The molecular weight excluding hydrogens is 801 g/mol. The lowest BCUT2D eigenvalue weighted by atomic mass is 9.86. The molecule has 0 aliphatic heterocycles. The van der Waals surface area contributed by atoms with E-state index in [0.717, 1.165) is 14.2 Å². The highest BCUT2D eigenvalue weighted by atomic mass is 15.2. The van der Waals surface area contributed by atoms with Gasteiger partial charge in [-0.3, -0.25) is 0 Å². The van der Waals surface area contributed by atoms with E-state index in [1.807, 2.05) is 0 Å². The molecule has 0 saturated carbocycles. The molecule has 0 fully saturated rings. The molecule has 0 spiro atoms. The van der Waals surface area contributed by atoms with Gasteiger partial charge in [0.2, 0.25) is 0 Å². The van der Waals surface area contributed by atoms with E-state index in [9.17, 15) is 21.9 Å². The summed E-state index contributed by atoms with van der Waals surface area (Å²) in [4.78, 5) is 2.09. The van der Waals surface area contributed by atoms with Crippen molar-refractivity contribution < 1.29 is 42.5 Å². The summed E-state index contributed by atoms with van der Waals surface area (Å²) < 4.78 is 293. The Hall–Kier alpha value is -7.82. The zero-order chi connectivity index (χ0) is 71.3. The minimum Gasteiger partial charge on any atom is -0.310 e. The van der Waals surface area contributed by atoms with E-state index in [1.54, 1.807) is 39.0 Å². The highest BCUT2D eigenvalue weighted by Crippen LogP contribution is 2.52. The summed E-state index contributed by atoms with van der Waals surface area (Å²) in [5.41, 5.74) is -11.8. The molecule has 4 heteroatoms.